The third-order valence-electron chi connectivity index (χ3n) is 5.76. The summed E-state index contributed by atoms with van der Waals surface area (Å²) in [6.45, 7) is 7.88. The second-order valence-corrected chi connectivity index (χ2v) is 8.03. The van der Waals surface area contributed by atoms with Gasteiger partial charge in [0, 0.05) is 48.9 Å². The lowest BCUT2D eigenvalue weighted by atomic mass is 9.95. The highest BCUT2D eigenvalue weighted by atomic mass is 16.2. The van der Waals surface area contributed by atoms with Crippen LogP contribution in [0.2, 0.25) is 0 Å². The summed E-state index contributed by atoms with van der Waals surface area (Å²) in [5, 5.41) is 2.83. The van der Waals surface area contributed by atoms with Crippen molar-refractivity contribution in [1.29, 1.82) is 0 Å². The van der Waals surface area contributed by atoms with Gasteiger partial charge in [0.2, 0.25) is 11.8 Å². The van der Waals surface area contributed by atoms with Crippen molar-refractivity contribution >= 4 is 11.8 Å². The fourth-order valence-electron chi connectivity index (χ4n) is 4.09. The Morgan fingerprint density at radius 3 is 2.50 bits per heavy atom. The van der Waals surface area contributed by atoms with Crippen LogP contribution in [0.1, 0.15) is 60.4 Å². The van der Waals surface area contributed by atoms with Crippen LogP contribution < -0.4 is 5.32 Å². The molecular formula is C24H32N4O2. The number of rotatable bonds is 7. The van der Waals surface area contributed by atoms with Crippen LogP contribution in [0.15, 0.2) is 30.3 Å². The van der Waals surface area contributed by atoms with Crippen molar-refractivity contribution < 1.29 is 9.59 Å². The molecule has 1 fully saturated rings. The van der Waals surface area contributed by atoms with Gasteiger partial charge in [0.1, 0.15) is 5.82 Å². The maximum Gasteiger partial charge on any atom is 0.224 e. The standard InChI is InChI=1S/C24H32N4O2/c1-4-25-22(29)15-21-17(2)26-24(27-18(21)3)20-11-8-14-28(16-20)23(30)13-12-19-9-6-5-7-10-19/h5-7,9-10,20H,4,8,11-16H2,1-3H3,(H,25,29). The first kappa shape index (κ1) is 21.9. The van der Waals surface area contributed by atoms with Gasteiger partial charge in [0.15, 0.2) is 0 Å². The zero-order chi connectivity index (χ0) is 21.5. The lowest BCUT2D eigenvalue weighted by Crippen LogP contribution is -2.39. The SMILES string of the molecule is CCNC(=O)Cc1c(C)nc(C2CCCN(C(=O)CCc3ccccc3)C2)nc1C. The lowest BCUT2D eigenvalue weighted by molar-refractivity contribution is -0.132. The minimum atomic E-state index is -0.00657. The highest BCUT2D eigenvalue weighted by molar-refractivity contribution is 5.79. The van der Waals surface area contributed by atoms with Crippen molar-refractivity contribution in [3.05, 3.63) is 58.7 Å². The lowest BCUT2D eigenvalue weighted by Gasteiger charge is -2.32. The molecule has 6 heteroatoms. The zero-order valence-corrected chi connectivity index (χ0v) is 18.3. The number of likely N-dealkylation sites (tertiary alicyclic amines) is 1. The molecule has 3 rings (SSSR count). The summed E-state index contributed by atoms with van der Waals surface area (Å²) < 4.78 is 0. The van der Waals surface area contributed by atoms with Crippen LogP contribution >= 0.6 is 0 Å². The minimum absolute atomic E-state index is 0.00657. The molecule has 1 unspecified atom stereocenters. The normalized spacial score (nSPS) is 16.4. The molecule has 30 heavy (non-hydrogen) atoms. The molecule has 0 bridgehead atoms. The smallest absolute Gasteiger partial charge is 0.224 e. The second kappa shape index (κ2) is 10.3. The highest BCUT2D eigenvalue weighted by Gasteiger charge is 2.27. The van der Waals surface area contributed by atoms with Gasteiger partial charge in [-0.1, -0.05) is 30.3 Å². The molecule has 160 valence electrons. The summed E-state index contributed by atoms with van der Waals surface area (Å²) >= 11 is 0. The Bertz CT molecular complexity index is 859. The molecular weight excluding hydrogens is 376 g/mol. The number of nitrogens with zero attached hydrogens (tertiary/aromatic N) is 3. The van der Waals surface area contributed by atoms with Crippen LogP contribution in [0.25, 0.3) is 0 Å². The van der Waals surface area contributed by atoms with E-state index in [9.17, 15) is 9.59 Å². The number of aryl methyl sites for hydroxylation is 3. The molecule has 0 aliphatic carbocycles. The van der Waals surface area contributed by atoms with E-state index < -0.39 is 0 Å². The van der Waals surface area contributed by atoms with Crippen LogP contribution in [0, 0.1) is 13.8 Å². The maximum atomic E-state index is 12.8. The molecule has 2 aromatic rings. The van der Waals surface area contributed by atoms with Gasteiger partial charge >= 0.3 is 0 Å². The van der Waals surface area contributed by atoms with E-state index in [-0.39, 0.29) is 17.7 Å². The third-order valence-corrected chi connectivity index (χ3v) is 5.76. The number of hydrogen-bond acceptors (Lipinski definition) is 4. The van der Waals surface area contributed by atoms with Crippen LogP contribution in [0.5, 0.6) is 0 Å². The van der Waals surface area contributed by atoms with Gasteiger partial charge in [0.05, 0.1) is 6.42 Å². The Morgan fingerprint density at radius 1 is 1.13 bits per heavy atom. The fraction of sp³-hybridized carbons (Fsp3) is 0.500. The number of piperidine rings is 1. The molecule has 0 saturated carbocycles. The predicted molar refractivity (Wildman–Crippen MR) is 117 cm³/mol. The van der Waals surface area contributed by atoms with Gasteiger partial charge in [-0.05, 0) is 45.6 Å². The van der Waals surface area contributed by atoms with Crippen LogP contribution in [0.3, 0.4) is 0 Å². The van der Waals surface area contributed by atoms with E-state index >= 15 is 0 Å². The van der Waals surface area contributed by atoms with Gasteiger partial charge in [0.25, 0.3) is 0 Å². The Kier molecular flexibility index (Phi) is 7.55. The number of nitrogens with one attached hydrogen (secondary N) is 1. The van der Waals surface area contributed by atoms with E-state index in [1.54, 1.807) is 0 Å². The molecule has 6 nitrogen and oxygen atoms in total. The van der Waals surface area contributed by atoms with Crippen LogP contribution in [0.4, 0.5) is 0 Å². The van der Waals surface area contributed by atoms with E-state index in [4.69, 9.17) is 9.97 Å². The van der Waals surface area contributed by atoms with Crippen molar-refractivity contribution in [1.82, 2.24) is 20.2 Å². The molecule has 2 amide bonds. The molecule has 1 saturated heterocycles. The number of benzene rings is 1. The van der Waals surface area contributed by atoms with Crippen molar-refractivity contribution in [3.63, 3.8) is 0 Å². The van der Waals surface area contributed by atoms with Crippen molar-refractivity contribution in [3.8, 4) is 0 Å². The first-order valence-corrected chi connectivity index (χ1v) is 10.9. The molecule has 1 aliphatic rings. The minimum Gasteiger partial charge on any atom is -0.356 e. The summed E-state index contributed by atoms with van der Waals surface area (Å²) in [6, 6.07) is 10.1. The highest BCUT2D eigenvalue weighted by Crippen LogP contribution is 2.26. The van der Waals surface area contributed by atoms with Gasteiger partial charge in [-0.15, -0.1) is 0 Å². The summed E-state index contributed by atoms with van der Waals surface area (Å²) in [4.78, 5) is 36.2. The van der Waals surface area contributed by atoms with E-state index in [1.807, 2.05) is 43.9 Å². The molecule has 1 atom stereocenters. The fourth-order valence-corrected chi connectivity index (χ4v) is 4.09. The topological polar surface area (TPSA) is 75.2 Å². The van der Waals surface area contributed by atoms with Gasteiger partial charge in [-0.3, -0.25) is 9.59 Å². The first-order chi connectivity index (χ1) is 14.5. The van der Waals surface area contributed by atoms with E-state index in [0.29, 0.717) is 25.9 Å². The monoisotopic (exact) mass is 408 g/mol. The number of carbonyl (C=O) groups is 2. The molecule has 1 aromatic carbocycles. The molecule has 1 aliphatic heterocycles. The molecule has 0 radical (unpaired) electrons. The number of carbonyl (C=O) groups excluding carboxylic acids is 2. The Morgan fingerprint density at radius 2 is 1.83 bits per heavy atom. The zero-order valence-electron chi connectivity index (χ0n) is 18.3. The third kappa shape index (κ3) is 5.65. The first-order valence-electron chi connectivity index (χ1n) is 10.9. The molecule has 1 N–H and O–H groups in total. The summed E-state index contributed by atoms with van der Waals surface area (Å²) in [6.07, 6.45) is 3.55. The number of aromatic nitrogens is 2. The largest absolute Gasteiger partial charge is 0.356 e. The average Bonchev–Trinajstić information content (AvgIpc) is 2.75. The molecule has 0 spiro atoms. The molecule has 2 heterocycles. The Labute approximate surface area is 179 Å². The van der Waals surface area contributed by atoms with E-state index in [0.717, 1.165) is 48.6 Å². The Balaban J connectivity index is 1.64. The van der Waals surface area contributed by atoms with Crippen LogP contribution in [-0.4, -0.2) is 46.3 Å². The van der Waals surface area contributed by atoms with Crippen LogP contribution in [-0.2, 0) is 22.4 Å². The Hall–Kier alpha value is -2.76. The van der Waals surface area contributed by atoms with Crippen molar-refractivity contribution in [2.75, 3.05) is 19.6 Å². The van der Waals surface area contributed by atoms with Gasteiger partial charge in [-0.2, -0.15) is 0 Å². The predicted octanol–water partition coefficient (Wildman–Crippen LogP) is 3.11. The summed E-state index contributed by atoms with van der Waals surface area (Å²) in [7, 11) is 0. The van der Waals surface area contributed by atoms with Crippen molar-refractivity contribution in [2.45, 2.75) is 58.8 Å². The summed E-state index contributed by atoms with van der Waals surface area (Å²) in [5.41, 5.74) is 3.81. The number of hydrogen-bond donors (Lipinski definition) is 1. The average molecular weight is 409 g/mol. The van der Waals surface area contributed by atoms with Crippen molar-refractivity contribution in [2.24, 2.45) is 0 Å². The number of likely N-dealkylation sites (N-methyl/N-ethyl adjacent to an activating group) is 1. The summed E-state index contributed by atoms with van der Waals surface area (Å²) in [5.74, 6) is 1.14. The quantitative estimate of drug-likeness (QED) is 0.764. The van der Waals surface area contributed by atoms with Gasteiger partial charge in [-0.25, -0.2) is 9.97 Å². The van der Waals surface area contributed by atoms with E-state index in [2.05, 4.69) is 17.4 Å². The van der Waals surface area contributed by atoms with E-state index in [1.165, 1.54) is 5.56 Å². The number of amides is 2. The molecule has 1 aromatic heterocycles. The van der Waals surface area contributed by atoms with Gasteiger partial charge < -0.3 is 10.2 Å². The second-order valence-electron chi connectivity index (χ2n) is 8.03. The maximum absolute atomic E-state index is 12.8.